The van der Waals surface area contributed by atoms with Gasteiger partial charge in [-0.05, 0) is 19.9 Å². The minimum absolute atomic E-state index is 0.0694. The fraction of sp³-hybridized carbons (Fsp3) is 0.952. The third-order valence-corrected chi connectivity index (χ3v) is 4.60. The first kappa shape index (κ1) is 29.5. The van der Waals surface area contributed by atoms with Crippen molar-refractivity contribution in [2.75, 3.05) is 46.0 Å². The summed E-state index contributed by atoms with van der Waals surface area (Å²) < 4.78 is 0. The van der Waals surface area contributed by atoms with E-state index in [2.05, 4.69) is 12.2 Å². The van der Waals surface area contributed by atoms with Crippen molar-refractivity contribution in [1.29, 1.82) is 0 Å². The molecule has 170 valence electrons. The lowest BCUT2D eigenvalue weighted by molar-refractivity contribution is -0.138. The Morgan fingerprint density at radius 2 is 1.18 bits per heavy atom. The summed E-state index contributed by atoms with van der Waals surface area (Å²) in [6.45, 7) is 6.52. The molecule has 1 atom stereocenters. The molecule has 0 aliphatic rings. The van der Waals surface area contributed by atoms with Gasteiger partial charge in [0.25, 0.3) is 0 Å². The molecule has 0 aromatic heterocycles. The van der Waals surface area contributed by atoms with Crippen LogP contribution in [0.2, 0.25) is 0 Å². The second kappa shape index (κ2) is 24.3. The first-order valence-electron chi connectivity index (χ1n) is 11.0. The van der Waals surface area contributed by atoms with Gasteiger partial charge in [-0.25, -0.2) is 0 Å². The summed E-state index contributed by atoms with van der Waals surface area (Å²) in [7, 11) is 0. The highest BCUT2D eigenvalue weighted by atomic mass is 16.4. The predicted octanol–water partition coefficient (Wildman–Crippen LogP) is 2.24. The molecule has 0 spiro atoms. The summed E-state index contributed by atoms with van der Waals surface area (Å²) in [4.78, 5) is 12.3. The van der Waals surface area contributed by atoms with Gasteiger partial charge in [-0.3, -0.25) is 9.69 Å². The third kappa shape index (κ3) is 23.3. The zero-order valence-electron chi connectivity index (χ0n) is 18.2. The molecule has 0 saturated carbocycles. The first-order chi connectivity index (χ1) is 13.5. The average Bonchev–Trinajstić information content (AvgIpc) is 2.67. The average molecular weight is 407 g/mol. The van der Waals surface area contributed by atoms with E-state index in [0.717, 1.165) is 13.0 Å². The molecule has 0 aromatic carbocycles. The van der Waals surface area contributed by atoms with Crippen LogP contribution in [0.4, 0.5) is 0 Å². The topological polar surface area (TPSA) is 113 Å². The van der Waals surface area contributed by atoms with Crippen LogP contribution in [0.25, 0.3) is 0 Å². The molecule has 0 bridgehead atoms. The fourth-order valence-electron chi connectivity index (χ4n) is 2.78. The standard InChI is InChI=1S/C15H31NO2.C6H15NO3/c1-3-4-5-6-7-8-9-10-11-12-13-16-14(2)15(17)18;8-4-1-7(2-5-9)3-6-10/h14,16H,3-13H2,1-2H3,(H,17,18);8-10H,1-6H2. The minimum atomic E-state index is -0.762. The summed E-state index contributed by atoms with van der Waals surface area (Å²) >= 11 is 0. The smallest absolute Gasteiger partial charge is 0.320 e. The largest absolute Gasteiger partial charge is 0.480 e. The number of nitrogens with zero attached hydrogens (tertiary/aromatic N) is 1. The van der Waals surface area contributed by atoms with Crippen molar-refractivity contribution in [1.82, 2.24) is 10.2 Å². The molecule has 5 N–H and O–H groups in total. The van der Waals surface area contributed by atoms with Crippen molar-refractivity contribution >= 4 is 5.97 Å². The summed E-state index contributed by atoms with van der Waals surface area (Å²) in [6, 6.07) is -0.413. The van der Waals surface area contributed by atoms with Crippen molar-refractivity contribution in [3.8, 4) is 0 Å². The number of aliphatic hydroxyl groups is 3. The highest BCUT2D eigenvalue weighted by Gasteiger charge is 2.07. The Morgan fingerprint density at radius 1 is 0.786 bits per heavy atom. The van der Waals surface area contributed by atoms with Crippen LogP contribution < -0.4 is 5.32 Å². The number of rotatable bonds is 19. The van der Waals surface area contributed by atoms with Crippen LogP contribution in [0.1, 0.15) is 78.1 Å². The Hall–Kier alpha value is -0.730. The van der Waals surface area contributed by atoms with Crippen LogP contribution >= 0.6 is 0 Å². The number of carboxylic acids is 1. The molecule has 0 fully saturated rings. The van der Waals surface area contributed by atoms with Gasteiger partial charge in [-0.1, -0.05) is 64.7 Å². The Balaban J connectivity index is 0. The molecule has 1 unspecified atom stereocenters. The van der Waals surface area contributed by atoms with Gasteiger partial charge >= 0.3 is 5.97 Å². The number of aliphatic carboxylic acids is 1. The van der Waals surface area contributed by atoms with Gasteiger partial charge in [0.15, 0.2) is 0 Å². The molecule has 0 aliphatic heterocycles. The fourth-order valence-corrected chi connectivity index (χ4v) is 2.78. The van der Waals surface area contributed by atoms with Gasteiger partial charge in [-0.2, -0.15) is 0 Å². The van der Waals surface area contributed by atoms with E-state index in [0.29, 0.717) is 19.6 Å². The molecule has 0 aromatic rings. The van der Waals surface area contributed by atoms with Crippen LogP contribution in [0.5, 0.6) is 0 Å². The molecular weight excluding hydrogens is 360 g/mol. The van der Waals surface area contributed by atoms with E-state index in [1.807, 2.05) is 0 Å². The molecule has 7 nitrogen and oxygen atoms in total. The summed E-state index contributed by atoms with van der Waals surface area (Å²) in [6.07, 6.45) is 13.2. The highest BCUT2D eigenvalue weighted by Crippen LogP contribution is 2.10. The summed E-state index contributed by atoms with van der Waals surface area (Å²) in [5.41, 5.74) is 0. The van der Waals surface area contributed by atoms with Gasteiger partial charge in [0.2, 0.25) is 0 Å². The second-order valence-corrected chi connectivity index (χ2v) is 7.21. The van der Waals surface area contributed by atoms with Crippen molar-refractivity contribution in [2.24, 2.45) is 0 Å². The lowest BCUT2D eigenvalue weighted by atomic mass is 10.1. The van der Waals surface area contributed by atoms with Crippen molar-refractivity contribution in [3.63, 3.8) is 0 Å². The Bertz CT molecular complexity index is 305. The van der Waals surface area contributed by atoms with E-state index < -0.39 is 12.0 Å². The molecular formula is C21H46N2O5. The number of unbranched alkanes of at least 4 members (excludes halogenated alkanes) is 9. The van der Waals surface area contributed by atoms with Crippen LogP contribution in [-0.2, 0) is 4.79 Å². The van der Waals surface area contributed by atoms with Crippen molar-refractivity contribution in [2.45, 2.75) is 84.1 Å². The second-order valence-electron chi connectivity index (χ2n) is 7.21. The van der Waals surface area contributed by atoms with E-state index in [-0.39, 0.29) is 19.8 Å². The van der Waals surface area contributed by atoms with Gasteiger partial charge in [0.05, 0.1) is 19.8 Å². The molecule has 7 heteroatoms. The van der Waals surface area contributed by atoms with Crippen LogP contribution in [0.15, 0.2) is 0 Å². The first-order valence-corrected chi connectivity index (χ1v) is 11.0. The Morgan fingerprint density at radius 3 is 1.54 bits per heavy atom. The maximum absolute atomic E-state index is 10.5. The quantitative estimate of drug-likeness (QED) is 0.209. The molecule has 0 radical (unpaired) electrons. The monoisotopic (exact) mass is 406 g/mol. The van der Waals surface area contributed by atoms with Crippen molar-refractivity contribution in [3.05, 3.63) is 0 Å². The highest BCUT2D eigenvalue weighted by molar-refractivity contribution is 5.72. The van der Waals surface area contributed by atoms with E-state index in [1.165, 1.54) is 57.8 Å². The zero-order chi connectivity index (χ0) is 21.5. The van der Waals surface area contributed by atoms with Gasteiger partial charge in [0, 0.05) is 19.6 Å². The minimum Gasteiger partial charge on any atom is -0.480 e. The van der Waals surface area contributed by atoms with Crippen LogP contribution in [0.3, 0.4) is 0 Å². The number of hydrogen-bond acceptors (Lipinski definition) is 6. The summed E-state index contributed by atoms with van der Waals surface area (Å²) in [5, 5.41) is 37.1. The van der Waals surface area contributed by atoms with E-state index in [4.69, 9.17) is 20.4 Å². The third-order valence-electron chi connectivity index (χ3n) is 4.60. The Kier molecular flexibility index (Phi) is 25.6. The molecule has 0 rings (SSSR count). The van der Waals surface area contributed by atoms with E-state index >= 15 is 0 Å². The van der Waals surface area contributed by atoms with Gasteiger partial charge in [-0.15, -0.1) is 0 Å². The molecule has 0 saturated heterocycles. The lowest BCUT2D eigenvalue weighted by Crippen LogP contribution is -2.34. The number of carboxylic acid groups (broad SMARTS) is 1. The van der Waals surface area contributed by atoms with Crippen LogP contribution in [0, 0.1) is 0 Å². The SMILES string of the molecule is CCCCCCCCCCCCNC(C)C(=O)O.OCCN(CCO)CCO. The van der Waals surface area contributed by atoms with E-state index in [1.54, 1.807) is 11.8 Å². The molecule has 28 heavy (non-hydrogen) atoms. The molecule has 0 aliphatic carbocycles. The Labute approximate surface area is 172 Å². The molecule has 0 heterocycles. The number of nitrogens with one attached hydrogen (secondary N) is 1. The maximum Gasteiger partial charge on any atom is 0.320 e. The number of aliphatic hydroxyl groups excluding tert-OH is 3. The predicted molar refractivity (Wildman–Crippen MR) is 115 cm³/mol. The zero-order valence-corrected chi connectivity index (χ0v) is 18.2. The summed E-state index contributed by atoms with van der Waals surface area (Å²) in [5.74, 6) is -0.762. The maximum atomic E-state index is 10.5. The molecule has 0 amide bonds. The van der Waals surface area contributed by atoms with E-state index in [9.17, 15) is 4.79 Å². The number of hydrogen-bond donors (Lipinski definition) is 5. The van der Waals surface area contributed by atoms with Gasteiger partial charge in [0.1, 0.15) is 6.04 Å². The van der Waals surface area contributed by atoms with Crippen molar-refractivity contribution < 1.29 is 25.2 Å². The van der Waals surface area contributed by atoms with Gasteiger partial charge < -0.3 is 25.7 Å². The van der Waals surface area contributed by atoms with Crippen LogP contribution in [-0.4, -0.2) is 83.3 Å². The normalized spacial score (nSPS) is 11.9. The lowest BCUT2D eigenvalue weighted by Gasteiger charge is -2.17. The number of carbonyl (C=O) groups is 1.